The lowest BCUT2D eigenvalue weighted by atomic mass is 10.1. The van der Waals surface area contributed by atoms with Gasteiger partial charge in [-0.15, -0.1) is 0 Å². The number of anilines is 1. The second kappa shape index (κ2) is 5.36. The predicted molar refractivity (Wildman–Crippen MR) is 76.4 cm³/mol. The lowest BCUT2D eigenvalue weighted by molar-refractivity contribution is 0.0690. The topological polar surface area (TPSA) is 75.1 Å². The van der Waals surface area contributed by atoms with Gasteiger partial charge in [0.15, 0.2) is 11.5 Å². The van der Waals surface area contributed by atoms with Crippen LogP contribution in [0.5, 0.6) is 0 Å². The molecule has 0 spiro atoms. The Morgan fingerprint density at radius 3 is 2.68 bits per heavy atom. The van der Waals surface area contributed by atoms with Gasteiger partial charge in [0.05, 0.1) is 0 Å². The average molecular weight is 322 g/mol. The van der Waals surface area contributed by atoms with Crippen LogP contribution in [0, 0.1) is 6.92 Å². The summed E-state index contributed by atoms with van der Waals surface area (Å²) in [5, 5.41) is 11.9. The average Bonchev–Trinajstić information content (AvgIpc) is 2.40. The summed E-state index contributed by atoms with van der Waals surface area (Å²) in [7, 11) is 1.69. The Labute approximate surface area is 118 Å². The summed E-state index contributed by atoms with van der Waals surface area (Å²) in [6, 6.07) is 7.11. The normalized spacial score (nSPS) is 10.3. The first kappa shape index (κ1) is 13.5. The van der Waals surface area contributed by atoms with E-state index < -0.39 is 5.97 Å². The number of hydrogen-bond acceptors (Lipinski definition) is 4. The van der Waals surface area contributed by atoms with Gasteiger partial charge in [0.25, 0.3) is 0 Å². The van der Waals surface area contributed by atoms with Crippen molar-refractivity contribution < 1.29 is 9.90 Å². The molecule has 2 N–H and O–H groups in total. The van der Waals surface area contributed by atoms with Gasteiger partial charge in [0.2, 0.25) is 0 Å². The molecule has 0 saturated carbocycles. The Morgan fingerprint density at radius 2 is 2.05 bits per heavy atom. The molecule has 1 aromatic heterocycles. The fraction of sp³-hybridized carbons (Fsp3) is 0.154. The van der Waals surface area contributed by atoms with E-state index in [-0.39, 0.29) is 5.69 Å². The minimum atomic E-state index is -1.08. The van der Waals surface area contributed by atoms with Gasteiger partial charge >= 0.3 is 5.97 Å². The number of aromatic carboxylic acids is 1. The summed E-state index contributed by atoms with van der Waals surface area (Å²) in [4.78, 5) is 19.5. The first-order valence-electron chi connectivity index (χ1n) is 5.58. The molecule has 5 nitrogen and oxygen atoms in total. The molecular weight excluding hydrogens is 310 g/mol. The third-order valence-corrected chi connectivity index (χ3v) is 3.14. The number of benzene rings is 1. The Morgan fingerprint density at radius 1 is 1.32 bits per heavy atom. The van der Waals surface area contributed by atoms with Crippen LogP contribution >= 0.6 is 15.9 Å². The molecule has 2 aromatic rings. The fourth-order valence-electron chi connectivity index (χ4n) is 1.64. The number of nitrogens with one attached hydrogen (secondary N) is 1. The van der Waals surface area contributed by atoms with E-state index in [4.69, 9.17) is 5.11 Å². The van der Waals surface area contributed by atoms with Gasteiger partial charge in [0.1, 0.15) is 5.82 Å². The molecule has 0 amide bonds. The Bertz CT molecular complexity index is 644. The van der Waals surface area contributed by atoms with Crippen molar-refractivity contribution in [3.63, 3.8) is 0 Å². The third-order valence-electron chi connectivity index (χ3n) is 2.64. The number of hydrogen-bond donors (Lipinski definition) is 2. The quantitative estimate of drug-likeness (QED) is 0.909. The van der Waals surface area contributed by atoms with Gasteiger partial charge in [-0.3, -0.25) is 0 Å². The number of halogens is 1. The standard InChI is InChI=1S/C13H12BrN3O2/c1-7-3-4-8(14)5-9(7)12-16-10(13(18)19)6-11(15-2)17-12/h3-6H,1-2H3,(H,18,19)(H,15,16,17). The summed E-state index contributed by atoms with van der Waals surface area (Å²) in [5.41, 5.74) is 1.75. The number of carbonyl (C=O) groups is 1. The van der Waals surface area contributed by atoms with Gasteiger partial charge in [-0.2, -0.15) is 0 Å². The molecule has 0 radical (unpaired) electrons. The molecule has 0 aliphatic heterocycles. The molecule has 0 aliphatic carbocycles. The Kier molecular flexibility index (Phi) is 3.80. The Balaban J connectivity index is 2.64. The van der Waals surface area contributed by atoms with Gasteiger partial charge in [-0.05, 0) is 24.6 Å². The summed E-state index contributed by atoms with van der Waals surface area (Å²) in [6.45, 7) is 1.93. The summed E-state index contributed by atoms with van der Waals surface area (Å²) in [6.07, 6.45) is 0. The highest BCUT2D eigenvalue weighted by Crippen LogP contribution is 2.25. The lowest BCUT2D eigenvalue weighted by Crippen LogP contribution is -2.06. The molecule has 0 fully saturated rings. The highest BCUT2D eigenvalue weighted by molar-refractivity contribution is 9.10. The molecule has 98 valence electrons. The SMILES string of the molecule is CNc1cc(C(=O)O)nc(-c2cc(Br)ccc2C)n1. The zero-order valence-electron chi connectivity index (χ0n) is 10.4. The van der Waals surface area contributed by atoms with Gasteiger partial charge in [-0.1, -0.05) is 22.0 Å². The minimum Gasteiger partial charge on any atom is -0.477 e. The number of carboxylic acids is 1. The van der Waals surface area contributed by atoms with Crippen molar-refractivity contribution in [3.8, 4) is 11.4 Å². The number of nitrogens with zero attached hydrogens (tertiary/aromatic N) is 2. The maximum absolute atomic E-state index is 11.1. The smallest absolute Gasteiger partial charge is 0.354 e. The molecule has 2 rings (SSSR count). The second-order valence-electron chi connectivity index (χ2n) is 3.98. The van der Waals surface area contributed by atoms with Gasteiger partial charge in [-0.25, -0.2) is 14.8 Å². The predicted octanol–water partition coefficient (Wildman–Crippen LogP) is 2.95. The Hall–Kier alpha value is -1.95. The number of aryl methyl sites for hydroxylation is 1. The van der Waals surface area contributed by atoms with Crippen molar-refractivity contribution in [1.82, 2.24) is 9.97 Å². The summed E-state index contributed by atoms with van der Waals surface area (Å²) in [5.74, 6) is -0.211. The van der Waals surface area contributed by atoms with Crippen LogP contribution in [0.3, 0.4) is 0 Å². The van der Waals surface area contributed by atoms with Crippen LogP contribution in [0.1, 0.15) is 16.1 Å². The van der Waals surface area contributed by atoms with E-state index in [1.807, 2.05) is 25.1 Å². The molecule has 19 heavy (non-hydrogen) atoms. The van der Waals surface area contributed by atoms with Crippen molar-refractivity contribution in [2.24, 2.45) is 0 Å². The molecule has 0 bridgehead atoms. The third kappa shape index (κ3) is 2.90. The van der Waals surface area contributed by atoms with Gasteiger partial charge in [0, 0.05) is 23.2 Å². The number of rotatable bonds is 3. The van der Waals surface area contributed by atoms with E-state index in [0.29, 0.717) is 11.6 Å². The van der Waals surface area contributed by atoms with E-state index in [2.05, 4.69) is 31.2 Å². The highest BCUT2D eigenvalue weighted by Gasteiger charge is 2.13. The maximum Gasteiger partial charge on any atom is 0.354 e. The molecule has 1 aromatic carbocycles. The van der Waals surface area contributed by atoms with E-state index in [1.165, 1.54) is 6.07 Å². The highest BCUT2D eigenvalue weighted by atomic mass is 79.9. The van der Waals surface area contributed by atoms with Crippen LogP contribution in [0.25, 0.3) is 11.4 Å². The van der Waals surface area contributed by atoms with Crippen molar-refractivity contribution in [2.45, 2.75) is 6.92 Å². The van der Waals surface area contributed by atoms with Crippen molar-refractivity contribution >= 4 is 27.7 Å². The van der Waals surface area contributed by atoms with Crippen LogP contribution in [0.15, 0.2) is 28.7 Å². The molecule has 0 atom stereocenters. The van der Waals surface area contributed by atoms with Gasteiger partial charge < -0.3 is 10.4 Å². The lowest BCUT2D eigenvalue weighted by Gasteiger charge is -2.08. The fourth-order valence-corrected chi connectivity index (χ4v) is 2.00. The van der Waals surface area contributed by atoms with Crippen LogP contribution in [-0.2, 0) is 0 Å². The zero-order valence-corrected chi connectivity index (χ0v) is 12.0. The number of carboxylic acid groups (broad SMARTS) is 1. The first-order chi connectivity index (χ1) is 9.01. The van der Waals surface area contributed by atoms with Crippen molar-refractivity contribution in [3.05, 3.63) is 40.0 Å². The van der Waals surface area contributed by atoms with E-state index in [9.17, 15) is 4.79 Å². The van der Waals surface area contributed by atoms with Crippen molar-refractivity contribution in [1.29, 1.82) is 0 Å². The van der Waals surface area contributed by atoms with E-state index >= 15 is 0 Å². The van der Waals surface area contributed by atoms with Crippen LogP contribution in [-0.4, -0.2) is 28.1 Å². The molecule has 0 saturated heterocycles. The molecule has 0 aliphatic rings. The molecule has 6 heteroatoms. The maximum atomic E-state index is 11.1. The molecular formula is C13H12BrN3O2. The van der Waals surface area contributed by atoms with Crippen LogP contribution < -0.4 is 5.32 Å². The zero-order chi connectivity index (χ0) is 14.0. The van der Waals surface area contributed by atoms with Crippen LogP contribution in [0.2, 0.25) is 0 Å². The molecule has 1 heterocycles. The van der Waals surface area contributed by atoms with E-state index in [1.54, 1.807) is 7.05 Å². The minimum absolute atomic E-state index is 0.0336. The summed E-state index contributed by atoms with van der Waals surface area (Å²) >= 11 is 3.39. The van der Waals surface area contributed by atoms with Crippen LogP contribution in [0.4, 0.5) is 5.82 Å². The van der Waals surface area contributed by atoms with E-state index in [0.717, 1.165) is 15.6 Å². The first-order valence-corrected chi connectivity index (χ1v) is 6.37. The molecule has 0 unspecified atom stereocenters. The van der Waals surface area contributed by atoms with Crippen molar-refractivity contribution in [2.75, 3.05) is 12.4 Å². The number of aromatic nitrogens is 2. The second-order valence-corrected chi connectivity index (χ2v) is 4.89. The largest absolute Gasteiger partial charge is 0.477 e. The summed E-state index contributed by atoms with van der Waals surface area (Å²) < 4.78 is 0.892. The monoisotopic (exact) mass is 321 g/mol.